The molecule has 0 unspecified atom stereocenters. The Hall–Kier alpha value is -2.44. The predicted molar refractivity (Wildman–Crippen MR) is 99.6 cm³/mol. The number of hydrogen-bond acceptors (Lipinski definition) is 5. The van der Waals surface area contributed by atoms with Gasteiger partial charge in [-0.1, -0.05) is 29.8 Å². The van der Waals surface area contributed by atoms with Crippen LogP contribution < -0.4 is 14.8 Å². The number of amidine groups is 1. The molecular weight excluding hydrogens is 360 g/mol. The number of para-hydroxylation sites is 1. The van der Waals surface area contributed by atoms with Crippen LogP contribution in [0.5, 0.6) is 11.5 Å². The summed E-state index contributed by atoms with van der Waals surface area (Å²) in [5, 5.41) is 3.79. The third-order valence-electron chi connectivity index (χ3n) is 3.74. The lowest BCUT2D eigenvalue weighted by Gasteiger charge is -2.01. The van der Waals surface area contributed by atoms with Crippen molar-refractivity contribution < 1.29 is 14.3 Å². The summed E-state index contributed by atoms with van der Waals surface area (Å²) in [5.74, 6) is 0.928. The van der Waals surface area contributed by atoms with E-state index in [2.05, 4.69) is 10.3 Å². The molecule has 5 nitrogen and oxygen atoms in total. The number of thioether (sulfide) groups is 1. The highest BCUT2D eigenvalue weighted by Gasteiger charge is 2.25. The highest BCUT2D eigenvalue weighted by atomic mass is 35.5. The lowest BCUT2D eigenvalue weighted by molar-refractivity contribution is -0.115. The molecule has 1 amide bonds. The van der Waals surface area contributed by atoms with E-state index < -0.39 is 0 Å². The van der Waals surface area contributed by atoms with Gasteiger partial charge in [0.25, 0.3) is 5.91 Å². The molecule has 1 N–H and O–H groups in total. The topological polar surface area (TPSA) is 59.9 Å². The Balaban J connectivity index is 1.62. The van der Waals surface area contributed by atoms with Crippen LogP contribution in [0.25, 0.3) is 6.08 Å². The highest BCUT2D eigenvalue weighted by molar-refractivity contribution is 8.18. The van der Waals surface area contributed by atoms with Gasteiger partial charge in [-0.05, 0) is 54.1 Å². The molecular formula is C18H13ClN2O3S. The fourth-order valence-corrected chi connectivity index (χ4v) is 3.61. The number of amides is 1. The van der Waals surface area contributed by atoms with Gasteiger partial charge in [-0.2, -0.15) is 0 Å². The Kier molecular flexibility index (Phi) is 4.15. The molecule has 0 spiro atoms. The number of nitrogens with zero attached hydrogens (tertiary/aromatic N) is 1. The van der Waals surface area contributed by atoms with E-state index in [1.54, 1.807) is 18.2 Å². The Morgan fingerprint density at radius 1 is 1.28 bits per heavy atom. The first kappa shape index (κ1) is 16.1. The maximum atomic E-state index is 12.2. The van der Waals surface area contributed by atoms with Gasteiger partial charge in [0.15, 0.2) is 16.7 Å². The normalized spacial score (nSPS) is 18.9. The van der Waals surface area contributed by atoms with Crippen LogP contribution in [0.15, 0.2) is 46.3 Å². The fourth-order valence-electron chi connectivity index (χ4n) is 2.50. The second-order valence-corrected chi connectivity index (χ2v) is 6.94. The Bertz CT molecular complexity index is 940. The third-order valence-corrected chi connectivity index (χ3v) is 4.93. The summed E-state index contributed by atoms with van der Waals surface area (Å²) in [6.45, 7) is 2.13. The van der Waals surface area contributed by atoms with E-state index in [4.69, 9.17) is 21.1 Å². The molecule has 2 aromatic rings. The van der Waals surface area contributed by atoms with Crippen molar-refractivity contribution in [2.45, 2.75) is 6.92 Å². The van der Waals surface area contributed by atoms with Crippen LogP contribution in [0.3, 0.4) is 0 Å². The molecule has 0 saturated carbocycles. The molecule has 0 aromatic heterocycles. The minimum Gasteiger partial charge on any atom is -0.454 e. The van der Waals surface area contributed by atoms with E-state index in [9.17, 15) is 4.79 Å². The van der Waals surface area contributed by atoms with Crippen LogP contribution in [0.2, 0.25) is 5.02 Å². The number of nitrogens with one attached hydrogen (secondary N) is 1. The number of rotatable bonds is 2. The Labute approximate surface area is 153 Å². The molecule has 0 radical (unpaired) electrons. The van der Waals surface area contributed by atoms with Crippen molar-refractivity contribution in [1.29, 1.82) is 0 Å². The van der Waals surface area contributed by atoms with E-state index in [-0.39, 0.29) is 12.7 Å². The van der Waals surface area contributed by atoms with Crippen molar-refractivity contribution in [3.05, 3.63) is 57.5 Å². The van der Waals surface area contributed by atoms with Crippen molar-refractivity contribution in [2.75, 3.05) is 6.79 Å². The van der Waals surface area contributed by atoms with Gasteiger partial charge in [-0.3, -0.25) is 4.79 Å². The number of fused-ring (bicyclic) bond motifs is 1. The molecule has 25 heavy (non-hydrogen) atoms. The van der Waals surface area contributed by atoms with Crippen molar-refractivity contribution in [3.63, 3.8) is 0 Å². The lowest BCUT2D eigenvalue weighted by atomic mass is 10.2. The smallest absolute Gasteiger partial charge is 0.264 e. The van der Waals surface area contributed by atoms with Crippen LogP contribution in [-0.4, -0.2) is 17.9 Å². The fraction of sp³-hybridized carbons (Fsp3) is 0.111. The van der Waals surface area contributed by atoms with E-state index in [0.29, 0.717) is 26.6 Å². The number of carbonyl (C=O) groups excluding carboxylic acids is 1. The summed E-state index contributed by atoms with van der Waals surface area (Å²) in [6.07, 6.45) is 1.76. The zero-order valence-corrected chi connectivity index (χ0v) is 14.8. The van der Waals surface area contributed by atoms with E-state index in [0.717, 1.165) is 16.8 Å². The van der Waals surface area contributed by atoms with Crippen molar-refractivity contribution in [2.24, 2.45) is 4.99 Å². The van der Waals surface area contributed by atoms with Crippen molar-refractivity contribution in [3.8, 4) is 11.5 Å². The molecule has 0 bridgehead atoms. The van der Waals surface area contributed by atoms with E-state index >= 15 is 0 Å². The minimum absolute atomic E-state index is 0.150. The average molecular weight is 373 g/mol. The van der Waals surface area contributed by atoms with E-state index in [1.807, 2.05) is 31.2 Å². The second-order valence-electron chi connectivity index (χ2n) is 5.50. The number of aryl methyl sites for hydroxylation is 1. The number of hydrogen-bond donors (Lipinski definition) is 1. The van der Waals surface area contributed by atoms with E-state index in [1.165, 1.54) is 11.8 Å². The Morgan fingerprint density at radius 2 is 2.12 bits per heavy atom. The molecule has 0 aliphatic carbocycles. The quantitative estimate of drug-likeness (QED) is 0.800. The average Bonchev–Trinajstić information content (AvgIpc) is 3.17. The van der Waals surface area contributed by atoms with Gasteiger partial charge in [-0.15, -0.1) is 0 Å². The predicted octanol–water partition coefficient (Wildman–Crippen LogP) is 4.27. The molecule has 4 rings (SSSR count). The zero-order chi connectivity index (χ0) is 17.4. The van der Waals surface area contributed by atoms with Gasteiger partial charge in [0.2, 0.25) is 6.79 Å². The largest absolute Gasteiger partial charge is 0.454 e. The number of aliphatic imine (C=N–C) groups is 1. The number of benzene rings is 2. The highest BCUT2D eigenvalue weighted by Crippen LogP contribution is 2.41. The van der Waals surface area contributed by atoms with Crippen LogP contribution in [-0.2, 0) is 4.79 Å². The van der Waals surface area contributed by atoms with Crippen LogP contribution in [0.4, 0.5) is 5.69 Å². The number of ether oxygens (including phenoxy) is 2. The minimum atomic E-state index is -0.189. The molecule has 0 atom stereocenters. The van der Waals surface area contributed by atoms with Crippen molar-refractivity contribution in [1.82, 2.24) is 5.32 Å². The van der Waals surface area contributed by atoms with Crippen LogP contribution in [0.1, 0.15) is 11.1 Å². The standard InChI is InChI=1S/C18H13ClN2O3S/c1-10-4-2-3-5-13(10)20-18-21-17(22)15(25-18)8-11-6-12(19)16-14(7-11)23-9-24-16/h2-8H,9H2,1H3,(H,20,21,22). The first-order valence-corrected chi connectivity index (χ1v) is 8.74. The summed E-state index contributed by atoms with van der Waals surface area (Å²) in [6, 6.07) is 11.3. The molecule has 2 aromatic carbocycles. The molecule has 126 valence electrons. The third kappa shape index (κ3) is 3.23. The Morgan fingerprint density at radius 3 is 2.96 bits per heavy atom. The van der Waals surface area contributed by atoms with Crippen molar-refractivity contribution >= 4 is 46.2 Å². The maximum Gasteiger partial charge on any atom is 0.264 e. The molecule has 1 saturated heterocycles. The number of halogens is 1. The van der Waals surface area contributed by atoms with Crippen LogP contribution in [0, 0.1) is 6.92 Å². The molecule has 7 heteroatoms. The number of carbonyl (C=O) groups is 1. The van der Waals surface area contributed by atoms with Gasteiger partial charge < -0.3 is 14.8 Å². The first-order chi connectivity index (χ1) is 12.1. The zero-order valence-electron chi connectivity index (χ0n) is 13.2. The lowest BCUT2D eigenvalue weighted by Crippen LogP contribution is -2.19. The van der Waals surface area contributed by atoms with Gasteiger partial charge in [0.1, 0.15) is 0 Å². The van der Waals surface area contributed by atoms with Gasteiger partial charge >= 0.3 is 0 Å². The summed E-state index contributed by atoms with van der Waals surface area (Å²) < 4.78 is 10.6. The summed E-state index contributed by atoms with van der Waals surface area (Å²) in [7, 11) is 0. The van der Waals surface area contributed by atoms with Crippen LogP contribution >= 0.6 is 23.4 Å². The summed E-state index contributed by atoms with van der Waals surface area (Å²) >= 11 is 7.48. The van der Waals surface area contributed by atoms with Gasteiger partial charge in [0.05, 0.1) is 15.6 Å². The monoisotopic (exact) mass is 372 g/mol. The molecule has 2 aliphatic rings. The molecule has 1 fully saturated rings. The maximum absolute atomic E-state index is 12.2. The van der Waals surface area contributed by atoms with Gasteiger partial charge in [-0.25, -0.2) is 4.99 Å². The molecule has 2 heterocycles. The summed E-state index contributed by atoms with van der Waals surface area (Å²) in [4.78, 5) is 17.3. The summed E-state index contributed by atoms with van der Waals surface area (Å²) in [5.41, 5.74) is 2.64. The second kappa shape index (κ2) is 6.46. The first-order valence-electron chi connectivity index (χ1n) is 7.54. The SMILES string of the molecule is Cc1ccccc1N=C1NC(=O)C(=Cc2cc(Cl)c3c(c2)OCO3)S1. The molecule has 2 aliphatic heterocycles. The van der Waals surface area contributed by atoms with Gasteiger partial charge in [0, 0.05) is 0 Å².